The predicted octanol–water partition coefficient (Wildman–Crippen LogP) is 8.26. The van der Waals surface area contributed by atoms with Crippen LogP contribution in [-0.4, -0.2) is 25.4 Å². The number of rotatable bonds is 13. The van der Waals surface area contributed by atoms with Crippen LogP contribution < -0.4 is 0 Å². The van der Waals surface area contributed by atoms with E-state index < -0.39 is 23.9 Å². The number of carbonyl (C=O) groups is 1. The molecule has 0 unspecified atom stereocenters. The predicted molar refractivity (Wildman–Crippen MR) is 139 cm³/mol. The maximum absolute atomic E-state index is 14.4. The summed E-state index contributed by atoms with van der Waals surface area (Å²) in [5, 5.41) is 0. The fourth-order valence-electron chi connectivity index (χ4n) is 3.96. The van der Waals surface area contributed by atoms with E-state index in [-0.39, 0.29) is 12.0 Å². The summed E-state index contributed by atoms with van der Waals surface area (Å²) in [5.74, 6) is -1.49. The molecule has 0 aliphatic rings. The zero-order valence-electron chi connectivity index (χ0n) is 22.2. The van der Waals surface area contributed by atoms with Crippen molar-refractivity contribution in [2.45, 2.75) is 77.7 Å². The van der Waals surface area contributed by atoms with Gasteiger partial charge in [0.2, 0.25) is 0 Å². The average Bonchev–Trinajstić information content (AvgIpc) is 3.35. The van der Waals surface area contributed by atoms with Gasteiger partial charge in [-0.1, -0.05) is 59.7 Å². The minimum absolute atomic E-state index is 0.257. The van der Waals surface area contributed by atoms with Crippen molar-refractivity contribution < 1.29 is 31.9 Å². The van der Waals surface area contributed by atoms with Crippen molar-refractivity contribution in [2.75, 3.05) is 7.11 Å². The molecule has 7 heteroatoms. The molecule has 0 spiro atoms. The van der Waals surface area contributed by atoms with Gasteiger partial charge >= 0.3 is 12.1 Å². The molecule has 0 saturated carbocycles. The van der Waals surface area contributed by atoms with Crippen LogP contribution in [0, 0.1) is 0 Å². The van der Waals surface area contributed by atoms with Crippen molar-refractivity contribution in [1.82, 2.24) is 0 Å². The first kappa shape index (κ1) is 30.2. The van der Waals surface area contributed by atoms with Crippen LogP contribution in [0.25, 0.3) is 0 Å². The number of furan rings is 1. The van der Waals surface area contributed by atoms with Crippen molar-refractivity contribution in [3.05, 3.63) is 95.0 Å². The minimum Gasteiger partial charge on any atom is -0.472 e. The molecule has 0 aliphatic carbocycles. The summed E-state index contributed by atoms with van der Waals surface area (Å²) in [6.45, 7) is 7.79. The Bertz CT molecular complexity index is 1060. The number of carbonyl (C=O) groups excluding carboxylic acids is 1. The normalized spacial score (nSPS) is 15.1. The fraction of sp³-hybridized carbons (Fsp3) is 0.433. The molecule has 1 aromatic heterocycles. The number of methoxy groups -OCH3 is 1. The lowest BCUT2D eigenvalue weighted by atomic mass is 9.92. The molecule has 2 atom stereocenters. The zero-order chi connectivity index (χ0) is 27.5. The number of allylic oxidation sites excluding steroid dienone is 4. The molecular weight excluding hydrogens is 481 g/mol. The molecule has 0 amide bonds. The highest BCUT2D eigenvalue weighted by atomic mass is 19.4. The van der Waals surface area contributed by atoms with E-state index in [2.05, 4.69) is 6.08 Å². The highest BCUT2D eigenvalue weighted by Crippen LogP contribution is 2.43. The van der Waals surface area contributed by atoms with Crippen LogP contribution in [0.3, 0.4) is 0 Å². The Kier molecular flexibility index (Phi) is 11.4. The summed E-state index contributed by atoms with van der Waals surface area (Å²) in [4.78, 5) is 13.3. The van der Waals surface area contributed by atoms with Crippen molar-refractivity contribution in [2.24, 2.45) is 0 Å². The lowest BCUT2D eigenvalue weighted by Gasteiger charge is -2.34. The summed E-state index contributed by atoms with van der Waals surface area (Å²) in [6, 6.07) is 8.72. The molecule has 0 aliphatic heterocycles. The molecule has 0 radical (unpaired) electrons. The maximum Gasteiger partial charge on any atom is 0.432 e. The van der Waals surface area contributed by atoms with Crippen molar-refractivity contribution >= 4 is 5.97 Å². The van der Waals surface area contributed by atoms with E-state index in [9.17, 15) is 18.0 Å². The molecule has 1 heterocycles. The van der Waals surface area contributed by atoms with Crippen LogP contribution in [0.1, 0.15) is 64.5 Å². The van der Waals surface area contributed by atoms with E-state index >= 15 is 0 Å². The Morgan fingerprint density at radius 1 is 1.00 bits per heavy atom. The largest absolute Gasteiger partial charge is 0.472 e. The molecule has 0 saturated heterocycles. The van der Waals surface area contributed by atoms with Gasteiger partial charge in [-0.2, -0.15) is 13.2 Å². The monoisotopic (exact) mass is 518 g/mol. The molecule has 0 fully saturated rings. The quantitative estimate of drug-likeness (QED) is 0.198. The highest BCUT2D eigenvalue weighted by Gasteiger charge is 2.64. The second-order valence-corrected chi connectivity index (χ2v) is 9.37. The van der Waals surface area contributed by atoms with E-state index in [1.807, 2.05) is 39.0 Å². The molecule has 37 heavy (non-hydrogen) atoms. The Hall–Kier alpha value is -3.06. The number of esters is 1. The number of alkyl halides is 3. The van der Waals surface area contributed by atoms with E-state index in [1.165, 1.54) is 29.8 Å². The van der Waals surface area contributed by atoms with Crippen LogP contribution >= 0.6 is 0 Å². The van der Waals surface area contributed by atoms with Crippen LogP contribution in [0.4, 0.5) is 13.2 Å². The molecule has 0 N–H and O–H groups in total. The van der Waals surface area contributed by atoms with E-state index in [0.717, 1.165) is 31.1 Å². The number of halogens is 3. The first-order valence-electron chi connectivity index (χ1n) is 12.4. The van der Waals surface area contributed by atoms with Gasteiger partial charge in [0.15, 0.2) is 0 Å². The average molecular weight is 519 g/mol. The van der Waals surface area contributed by atoms with Crippen LogP contribution in [-0.2, 0) is 26.3 Å². The van der Waals surface area contributed by atoms with Gasteiger partial charge in [-0.15, -0.1) is 0 Å². The van der Waals surface area contributed by atoms with E-state index in [1.54, 1.807) is 25.5 Å². The fourth-order valence-corrected chi connectivity index (χ4v) is 3.96. The highest BCUT2D eigenvalue weighted by molar-refractivity contribution is 5.83. The Morgan fingerprint density at radius 3 is 2.27 bits per heavy atom. The zero-order valence-corrected chi connectivity index (χ0v) is 22.2. The minimum atomic E-state index is -5.03. The van der Waals surface area contributed by atoms with Crippen molar-refractivity contribution in [1.29, 1.82) is 0 Å². The summed E-state index contributed by atoms with van der Waals surface area (Å²) < 4.78 is 58.7. The number of hydrogen-bond acceptors (Lipinski definition) is 4. The van der Waals surface area contributed by atoms with E-state index in [4.69, 9.17) is 13.9 Å². The first-order chi connectivity index (χ1) is 17.5. The molecule has 1 aromatic carbocycles. The van der Waals surface area contributed by atoms with Gasteiger partial charge in [-0.05, 0) is 70.6 Å². The van der Waals surface area contributed by atoms with Crippen molar-refractivity contribution in [3.63, 3.8) is 0 Å². The smallest absolute Gasteiger partial charge is 0.432 e. The Labute approximate surface area is 217 Å². The lowest BCUT2D eigenvalue weighted by molar-refractivity contribution is -0.277. The second kappa shape index (κ2) is 14.0. The Balaban J connectivity index is 2.32. The third kappa shape index (κ3) is 8.49. The number of hydrogen-bond donors (Lipinski definition) is 0. The molecule has 202 valence electrons. The standard InChI is InChI=1S/C30H37F3O4/c1-22(2)11-9-12-23(3)17-18-27(24(4)13-10-14-25-19-20-36-21-25)37-28(34)29(35-5,30(31,32)33)26-15-7-6-8-16-26/h6-8,11,13,15-17,19-21,27H,9-10,12,14,18H2,1-5H3/b23-17+,24-13+/t27-,29-/m1/s1. The Morgan fingerprint density at radius 2 is 1.70 bits per heavy atom. The molecule has 4 nitrogen and oxygen atoms in total. The van der Waals surface area contributed by atoms with Gasteiger partial charge in [-0.25, -0.2) is 4.79 Å². The first-order valence-corrected chi connectivity index (χ1v) is 12.4. The molecule has 2 aromatic rings. The van der Waals surface area contributed by atoms with Gasteiger partial charge < -0.3 is 13.9 Å². The number of ether oxygens (including phenoxy) is 2. The van der Waals surface area contributed by atoms with Gasteiger partial charge in [-0.3, -0.25) is 0 Å². The second-order valence-electron chi connectivity index (χ2n) is 9.37. The van der Waals surface area contributed by atoms with E-state index in [0.29, 0.717) is 18.4 Å². The number of benzene rings is 1. The number of aryl methyl sites for hydroxylation is 1. The van der Waals surface area contributed by atoms with Crippen LogP contribution in [0.2, 0.25) is 0 Å². The van der Waals surface area contributed by atoms with Crippen LogP contribution in [0.15, 0.2) is 88.3 Å². The molecule has 2 rings (SSSR count). The van der Waals surface area contributed by atoms with Gasteiger partial charge in [0, 0.05) is 19.1 Å². The molecule has 0 bridgehead atoms. The van der Waals surface area contributed by atoms with Crippen molar-refractivity contribution in [3.8, 4) is 0 Å². The SMILES string of the molecule is CO[C@@](C(=O)O[C@H](C/C=C(\C)CCC=C(C)C)/C(C)=C/CCc1ccoc1)(c1ccccc1)C(F)(F)F. The third-order valence-corrected chi connectivity index (χ3v) is 6.18. The summed E-state index contributed by atoms with van der Waals surface area (Å²) >= 11 is 0. The van der Waals surface area contributed by atoms with Gasteiger partial charge in [0.05, 0.1) is 12.5 Å². The summed E-state index contributed by atoms with van der Waals surface area (Å²) in [6.07, 6.45) is 6.52. The lowest BCUT2D eigenvalue weighted by Crippen LogP contribution is -2.52. The molecular formula is C30H37F3O4. The summed E-state index contributed by atoms with van der Waals surface area (Å²) in [5.41, 5.74) is 0.411. The van der Waals surface area contributed by atoms with Gasteiger partial charge in [0.1, 0.15) is 6.10 Å². The topological polar surface area (TPSA) is 48.7 Å². The third-order valence-electron chi connectivity index (χ3n) is 6.18. The van der Waals surface area contributed by atoms with Crippen LogP contribution in [0.5, 0.6) is 0 Å². The maximum atomic E-state index is 14.4. The van der Waals surface area contributed by atoms with Gasteiger partial charge in [0.25, 0.3) is 5.60 Å². The summed E-state index contributed by atoms with van der Waals surface area (Å²) in [7, 11) is 0.873.